The summed E-state index contributed by atoms with van der Waals surface area (Å²) < 4.78 is 32.8. The van der Waals surface area contributed by atoms with Gasteiger partial charge >= 0.3 is 10.1 Å². The Balaban J connectivity index is -0.0000000800. The molecule has 4 N–H and O–H groups in total. The van der Waals surface area contributed by atoms with E-state index in [1.807, 2.05) is 0 Å². The van der Waals surface area contributed by atoms with E-state index in [-0.39, 0.29) is 16.3 Å². The first-order chi connectivity index (χ1) is 2.00. The standard InChI is InChI=1S/Be.H3N.H2O4S/c;;1-5(2,3)4/h;1H3;(H2,1,2,3,4)/q+1;;/p-1. The Morgan fingerprint density at radius 3 is 1.43 bits per heavy atom. The topological polar surface area (TPSA) is 112 Å². The smallest absolute Gasteiger partial charge is 0.726 e. The van der Waals surface area contributed by atoms with Gasteiger partial charge in [-0.05, 0) is 0 Å². The van der Waals surface area contributed by atoms with Crippen LogP contribution in [-0.2, 0) is 10.4 Å². The zero-order valence-electron chi connectivity index (χ0n) is 3.49. The molecule has 0 amide bonds. The first kappa shape index (κ1) is 15.8. The van der Waals surface area contributed by atoms with Gasteiger partial charge < -0.3 is 10.7 Å². The molecule has 1 radical (unpaired) electrons. The summed E-state index contributed by atoms with van der Waals surface area (Å²) in [6, 6.07) is 0. The van der Waals surface area contributed by atoms with Crippen molar-refractivity contribution in [2.45, 2.75) is 0 Å². The molecule has 0 bridgehead atoms. The molecule has 7 heteroatoms. The van der Waals surface area contributed by atoms with Crippen LogP contribution in [0.3, 0.4) is 0 Å². The maximum absolute atomic E-state index is 8.63. The van der Waals surface area contributed by atoms with Crippen LogP contribution in [0.25, 0.3) is 0 Å². The van der Waals surface area contributed by atoms with Crippen molar-refractivity contribution in [1.82, 2.24) is 6.15 Å². The molecule has 41 valence electrons. The van der Waals surface area contributed by atoms with Gasteiger partial charge in [0, 0.05) is 0 Å². The fourth-order valence-corrected chi connectivity index (χ4v) is 0. The summed E-state index contributed by atoms with van der Waals surface area (Å²) in [6.45, 7) is 0. The fourth-order valence-electron chi connectivity index (χ4n) is 0. The van der Waals surface area contributed by atoms with Crippen LogP contribution in [0, 0.1) is 0 Å². The minimum absolute atomic E-state index is 0. The largest absolute Gasteiger partial charge is 1.00 e. The van der Waals surface area contributed by atoms with E-state index in [4.69, 9.17) is 17.5 Å². The van der Waals surface area contributed by atoms with Crippen molar-refractivity contribution in [3.63, 3.8) is 0 Å². The summed E-state index contributed by atoms with van der Waals surface area (Å²) in [4.78, 5) is 0. The Kier molecular flexibility index (Phi) is 9.37. The van der Waals surface area contributed by atoms with Crippen molar-refractivity contribution in [1.29, 1.82) is 0 Å². The van der Waals surface area contributed by atoms with Crippen molar-refractivity contribution in [2.24, 2.45) is 0 Å². The molecule has 0 saturated heterocycles. The van der Waals surface area contributed by atoms with Gasteiger partial charge in [0.15, 0.2) is 0 Å². The monoisotopic (exact) mass is 123 g/mol. The second-order valence-electron chi connectivity index (χ2n) is 0.428. The Labute approximate surface area is 45.1 Å². The summed E-state index contributed by atoms with van der Waals surface area (Å²) >= 11 is 0. The van der Waals surface area contributed by atoms with Gasteiger partial charge in [-0.1, -0.05) is 0 Å². The molecule has 0 spiro atoms. The van der Waals surface area contributed by atoms with Crippen LogP contribution in [0.15, 0.2) is 0 Å². The number of rotatable bonds is 0. The molecule has 0 fully saturated rings. The second kappa shape index (κ2) is 4.17. The van der Waals surface area contributed by atoms with E-state index in [2.05, 4.69) is 0 Å². The first-order valence-corrected chi connectivity index (χ1v) is 2.05. The number of hydrogen-bond donors (Lipinski definition) is 2. The van der Waals surface area contributed by atoms with Gasteiger partial charge in [0.1, 0.15) is 0 Å². The van der Waals surface area contributed by atoms with Gasteiger partial charge in [0.2, 0.25) is 10.4 Å². The van der Waals surface area contributed by atoms with E-state index in [9.17, 15) is 0 Å². The zero-order valence-corrected chi connectivity index (χ0v) is 4.31. The SMILES string of the molecule is N.O=S(=O)([O-])O.[Be+]. The molecule has 0 aliphatic heterocycles. The Hall–Kier alpha value is -0.00117. The van der Waals surface area contributed by atoms with Crippen LogP contribution >= 0.6 is 0 Å². The van der Waals surface area contributed by atoms with E-state index < -0.39 is 10.4 Å². The van der Waals surface area contributed by atoms with Crippen LogP contribution in [0.5, 0.6) is 0 Å². The maximum atomic E-state index is 8.63. The van der Waals surface area contributed by atoms with Crippen LogP contribution in [0.2, 0.25) is 0 Å². The third-order valence-electron chi connectivity index (χ3n) is 0. The fraction of sp³-hybridized carbons (Fsp3) is 0. The maximum Gasteiger partial charge on any atom is 1.00 e. The molecule has 0 rings (SSSR count). The molecule has 5 nitrogen and oxygen atoms in total. The molecule has 0 aliphatic carbocycles. The van der Waals surface area contributed by atoms with Gasteiger partial charge in [-0.2, -0.15) is 0 Å². The summed E-state index contributed by atoms with van der Waals surface area (Å²) in [7, 11) is -4.92. The molecule has 0 unspecified atom stereocenters. The molecule has 0 aromatic rings. The molecule has 0 heterocycles. The van der Waals surface area contributed by atoms with E-state index in [1.54, 1.807) is 0 Å². The zero-order chi connectivity index (χ0) is 4.50. The Morgan fingerprint density at radius 1 is 1.43 bits per heavy atom. The van der Waals surface area contributed by atoms with Crippen molar-refractivity contribution in [2.75, 3.05) is 0 Å². The molecule has 0 aromatic heterocycles. The first-order valence-electron chi connectivity index (χ1n) is 0.683. The summed E-state index contributed by atoms with van der Waals surface area (Å²) in [5.74, 6) is 0. The van der Waals surface area contributed by atoms with Gasteiger partial charge in [-0.15, -0.1) is 0 Å². The van der Waals surface area contributed by atoms with Crippen molar-refractivity contribution in [3.8, 4) is 0 Å². The third-order valence-corrected chi connectivity index (χ3v) is 0. The van der Waals surface area contributed by atoms with E-state index in [0.29, 0.717) is 0 Å². The molecule has 0 saturated carbocycles. The average Bonchev–Trinajstić information content (AvgIpc) is 0.722. The second-order valence-corrected chi connectivity index (χ2v) is 1.28. The Bertz CT molecular complexity index is 94.9. The molecule has 0 atom stereocenters. The molecule has 7 heavy (non-hydrogen) atoms. The van der Waals surface area contributed by atoms with E-state index in [1.165, 1.54) is 0 Å². The quantitative estimate of drug-likeness (QED) is 0.238. The number of hydrogen-bond acceptors (Lipinski definition) is 4. The van der Waals surface area contributed by atoms with Crippen molar-refractivity contribution >= 4 is 20.5 Å². The minimum atomic E-state index is -4.92. The van der Waals surface area contributed by atoms with Gasteiger partial charge in [-0.25, -0.2) is 8.42 Å². The molecule has 0 aromatic carbocycles. The van der Waals surface area contributed by atoms with Crippen molar-refractivity contribution in [3.05, 3.63) is 0 Å². The molecule has 0 aliphatic rings. The third kappa shape index (κ3) is 70200000. The van der Waals surface area contributed by atoms with Gasteiger partial charge in [0.25, 0.3) is 0 Å². The van der Waals surface area contributed by atoms with Gasteiger partial charge in [-0.3, -0.25) is 4.55 Å². The minimum Gasteiger partial charge on any atom is -0.726 e. The van der Waals surface area contributed by atoms with Gasteiger partial charge in [0.05, 0.1) is 0 Å². The summed E-state index contributed by atoms with van der Waals surface area (Å²) in [5, 5.41) is 0. The van der Waals surface area contributed by atoms with E-state index >= 15 is 0 Å². The van der Waals surface area contributed by atoms with Crippen molar-refractivity contribution < 1.29 is 17.5 Å². The Morgan fingerprint density at radius 2 is 1.43 bits per heavy atom. The van der Waals surface area contributed by atoms with Crippen LogP contribution in [0.1, 0.15) is 0 Å². The van der Waals surface area contributed by atoms with E-state index in [0.717, 1.165) is 0 Å². The predicted molar refractivity (Wildman–Crippen MR) is 23.1 cm³/mol. The molecular weight excluding hydrogens is 119 g/mol. The molecular formula is H4BeNO4S. The normalized spacial score (nSPS) is 8.29. The van der Waals surface area contributed by atoms with Crippen LogP contribution in [0.4, 0.5) is 0 Å². The van der Waals surface area contributed by atoms with Crippen LogP contribution in [-0.4, -0.2) is 27.6 Å². The predicted octanol–water partition coefficient (Wildman–Crippen LogP) is -1.21. The summed E-state index contributed by atoms with van der Waals surface area (Å²) in [5.41, 5.74) is 0. The average molecular weight is 123 g/mol. The summed E-state index contributed by atoms with van der Waals surface area (Å²) in [6.07, 6.45) is 0. The van der Waals surface area contributed by atoms with Crippen LogP contribution < -0.4 is 6.15 Å².